The van der Waals surface area contributed by atoms with Crippen LogP contribution in [0.1, 0.15) is 21.5 Å². The lowest BCUT2D eigenvalue weighted by Crippen LogP contribution is -2.30. The van der Waals surface area contributed by atoms with Gasteiger partial charge < -0.3 is 16.0 Å². The van der Waals surface area contributed by atoms with E-state index in [2.05, 4.69) is 16.0 Å². The lowest BCUT2D eigenvalue weighted by Gasteiger charge is -2.12. The fourth-order valence-electron chi connectivity index (χ4n) is 4.42. The summed E-state index contributed by atoms with van der Waals surface area (Å²) in [6.45, 7) is 1.94. The van der Waals surface area contributed by atoms with Crippen LogP contribution < -0.4 is 16.0 Å². The number of thioether (sulfide) groups is 1. The standard InChI is InChI=1S/C37H31N3O3S/c1-26-11-8-9-18-33(26)39-35(41)25-44-32-17-10-16-31(24-32)38-37(43)34(40-36(42)30-14-6-3-7-15-30)23-27-19-21-29(22-20-27)28-12-4-2-5-13-28/h2-24H,25H2,1H3,(H,38,43)(H,39,41)(H,40,42)/b34-23+. The molecule has 3 amide bonds. The molecule has 218 valence electrons. The first-order valence-corrected chi connectivity index (χ1v) is 15.1. The summed E-state index contributed by atoms with van der Waals surface area (Å²) in [5.74, 6) is -0.771. The van der Waals surface area contributed by atoms with E-state index in [0.717, 1.165) is 32.8 Å². The molecule has 5 rings (SSSR count). The van der Waals surface area contributed by atoms with Gasteiger partial charge in [0.25, 0.3) is 11.8 Å². The van der Waals surface area contributed by atoms with E-state index in [4.69, 9.17) is 0 Å². The molecule has 0 aliphatic heterocycles. The van der Waals surface area contributed by atoms with Gasteiger partial charge in [0.1, 0.15) is 5.70 Å². The number of aryl methyl sites for hydroxylation is 1. The van der Waals surface area contributed by atoms with Crippen LogP contribution in [0.3, 0.4) is 0 Å². The summed E-state index contributed by atoms with van der Waals surface area (Å²) in [5, 5.41) is 8.61. The van der Waals surface area contributed by atoms with Crippen molar-refractivity contribution in [3.05, 3.63) is 156 Å². The monoisotopic (exact) mass is 597 g/mol. The Bertz CT molecular complexity index is 1790. The summed E-state index contributed by atoms with van der Waals surface area (Å²) in [4.78, 5) is 39.9. The number of hydrogen-bond acceptors (Lipinski definition) is 4. The van der Waals surface area contributed by atoms with Crippen molar-refractivity contribution in [2.75, 3.05) is 16.4 Å². The lowest BCUT2D eigenvalue weighted by atomic mass is 10.0. The Morgan fingerprint density at radius 3 is 2.07 bits per heavy atom. The van der Waals surface area contributed by atoms with Crippen molar-refractivity contribution < 1.29 is 14.4 Å². The Balaban J connectivity index is 1.30. The number of carbonyl (C=O) groups excluding carboxylic acids is 3. The van der Waals surface area contributed by atoms with Gasteiger partial charge in [0.15, 0.2) is 0 Å². The summed E-state index contributed by atoms with van der Waals surface area (Å²) in [5.41, 5.74) is 5.74. The van der Waals surface area contributed by atoms with Gasteiger partial charge in [-0.05, 0) is 71.7 Å². The number of hydrogen-bond donors (Lipinski definition) is 3. The zero-order chi connectivity index (χ0) is 30.7. The van der Waals surface area contributed by atoms with Crippen LogP contribution in [0.4, 0.5) is 11.4 Å². The predicted molar refractivity (Wildman–Crippen MR) is 179 cm³/mol. The summed E-state index contributed by atoms with van der Waals surface area (Å²) in [6, 6.07) is 41.4. The average Bonchev–Trinajstić information content (AvgIpc) is 3.06. The largest absolute Gasteiger partial charge is 0.325 e. The van der Waals surface area contributed by atoms with Gasteiger partial charge in [-0.25, -0.2) is 0 Å². The van der Waals surface area contributed by atoms with E-state index in [1.807, 2.05) is 104 Å². The Labute approximate surface area is 261 Å². The van der Waals surface area contributed by atoms with Gasteiger partial charge >= 0.3 is 0 Å². The molecule has 3 N–H and O–H groups in total. The second-order valence-electron chi connectivity index (χ2n) is 10.00. The number of rotatable bonds is 10. The molecule has 0 heterocycles. The molecule has 0 aromatic heterocycles. The van der Waals surface area contributed by atoms with Crippen LogP contribution in [0.5, 0.6) is 0 Å². The first kappa shape index (κ1) is 30.1. The quantitative estimate of drug-likeness (QED) is 0.113. The van der Waals surface area contributed by atoms with E-state index < -0.39 is 11.8 Å². The molecule has 0 aliphatic carbocycles. The van der Waals surface area contributed by atoms with Gasteiger partial charge in [-0.2, -0.15) is 0 Å². The molecule has 0 fully saturated rings. The highest BCUT2D eigenvalue weighted by Gasteiger charge is 2.16. The van der Waals surface area contributed by atoms with Crippen molar-refractivity contribution in [2.24, 2.45) is 0 Å². The van der Waals surface area contributed by atoms with Crippen molar-refractivity contribution >= 4 is 46.9 Å². The number of anilines is 2. The number of nitrogens with one attached hydrogen (secondary N) is 3. The maximum Gasteiger partial charge on any atom is 0.272 e. The molecule has 44 heavy (non-hydrogen) atoms. The number of amides is 3. The van der Waals surface area contributed by atoms with Gasteiger partial charge in [-0.15, -0.1) is 11.8 Å². The Hall–Kier alpha value is -5.40. The molecular formula is C37H31N3O3S. The molecule has 0 saturated carbocycles. The van der Waals surface area contributed by atoms with Crippen molar-refractivity contribution in [1.82, 2.24) is 5.32 Å². The molecule has 6 nitrogen and oxygen atoms in total. The minimum atomic E-state index is -0.471. The van der Waals surface area contributed by atoms with E-state index in [9.17, 15) is 14.4 Å². The van der Waals surface area contributed by atoms with E-state index in [0.29, 0.717) is 11.3 Å². The minimum absolute atomic E-state index is 0.0991. The zero-order valence-electron chi connectivity index (χ0n) is 24.1. The van der Waals surface area contributed by atoms with Gasteiger partial charge in [-0.3, -0.25) is 14.4 Å². The Morgan fingerprint density at radius 1 is 0.682 bits per heavy atom. The van der Waals surface area contributed by atoms with Gasteiger partial charge in [0, 0.05) is 21.8 Å². The molecule has 0 unspecified atom stereocenters. The molecule has 0 radical (unpaired) electrons. The number of para-hydroxylation sites is 1. The Morgan fingerprint density at radius 2 is 1.34 bits per heavy atom. The fourth-order valence-corrected chi connectivity index (χ4v) is 5.18. The van der Waals surface area contributed by atoms with E-state index in [1.165, 1.54) is 11.8 Å². The Kier molecular flexibility index (Phi) is 10.0. The zero-order valence-corrected chi connectivity index (χ0v) is 24.9. The van der Waals surface area contributed by atoms with Crippen LogP contribution in [-0.2, 0) is 9.59 Å². The van der Waals surface area contributed by atoms with Crippen molar-refractivity contribution in [2.45, 2.75) is 11.8 Å². The van der Waals surface area contributed by atoms with Crippen LogP contribution in [0.15, 0.2) is 144 Å². The third-order valence-electron chi connectivity index (χ3n) is 6.74. The molecule has 0 bridgehead atoms. The van der Waals surface area contributed by atoms with E-state index >= 15 is 0 Å². The van der Waals surface area contributed by atoms with Crippen LogP contribution in [0.25, 0.3) is 17.2 Å². The highest BCUT2D eigenvalue weighted by Crippen LogP contribution is 2.24. The summed E-state index contributed by atoms with van der Waals surface area (Å²) in [6.07, 6.45) is 1.65. The van der Waals surface area contributed by atoms with E-state index in [-0.39, 0.29) is 17.4 Å². The molecule has 5 aromatic rings. The second-order valence-corrected chi connectivity index (χ2v) is 11.0. The molecule has 0 saturated heterocycles. The maximum atomic E-state index is 13.5. The third-order valence-corrected chi connectivity index (χ3v) is 7.73. The summed E-state index contributed by atoms with van der Waals surface area (Å²) >= 11 is 1.37. The van der Waals surface area contributed by atoms with Crippen LogP contribution in [0, 0.1) is 6.92 Å². The molecular weight excluding hydrogens is 566 g/mol. The third kappa shape index (κ3) is 8.33. The second kappa shape index (κ2) is 14.7. The summed E-state index contributed by atoms with van der Waals surface area (Å²) < 4.78 is 0. The molecule has 0 atom stereocenters. The first-order valence-electron chi connectivity index (χ1n) is 14.1. The SMILES string of the molecule is Cc1ccccc1NC(=O)CSc1cccc(NC(=O)/C(=C\c2ccc(-c3ccccc3)cc2)NC(=O)c2ccccc2)c1. The van der Waals surface area contributed by atoms with Crippen molar-refractivity contribution in [3.8, 4) is 11.1 Å². The average molecular weight is 598 g/mol. The van der Waals surface area contributed by atoms with Crippen LogP contribution in [0.2, 0.25) is 0 Å². The minimum Gasteiger partial charge on any atom is -0.325 e. The maximum absolute atomic E-state index is 13.5. The number of benzene rings is 5. The molecule has 7 heteroatoms. The number of carbonyl (C=O) groups is 3. The van der Waals surface area contributed by atoms with Gasteiger partial charge in [0.05, 0.1) is 5.75 Å². The molecule has 0 spiro atoms. The first-order chi connectivity index (χ1) is 21.4. The highest BCUT2D eigenvalue weighted by atomic mass is 32.2. The van der Waals surface area contributed by atoms with Crippen LogP contribution in [-0.4, -0.2) is 23.5 Å². The van der Waals surface area contributed by atoms with Gasteiger partial charge in [-0.1, -0.05) is 97.1 Å². The van der Waals surface area contributed by atoms with Crippen molar-refractivity contribution in [3.63, 3.8) is 0 Å². The predicted octanol–water partition coefficient (Wildman–Crippen LogP) is 7.80. The summed E-state index contributed by atoms with van der Waals surface area (Å²) in [7, 11) is 0. The molecule has 5 aromatic carbocycles. The normalized spacial score (nSPS) is 11.0. The highest BCUT2D eigenvalue weighted by molar-refractivity contribution is 8.00. The smallest absolute Gasteiger partial charge is 0.272 e. The fraction of sp³-hybridized carbons (Fsp3) is 0.0541. The molecule has 0 aliphatic rings. The topological polar surface area (TPSA) is 87.3 Å². The van der Waals surface area contributed by atoms with E-state index in [1.54, 1.807) is 42.5 Å². The van der Waals surface area contributed by atoms with Crippen molar-refractivity contribution in [1.29, 1.82) is 0 Å². The van der Waals surface area contributed by atoms with Crippen LogP contribution >= 0.6 is 11.8 Å². The lowest BCUT2D eigenvalue weighted by molar-refractivity contribution is -0.114. The van der Waals surface area contributed by atoms with Gasteiger partial charge in [0.2, 0.25) is 5.91 Å².